The van der Waals surface area contributed by atoms with Crippen molar-refractivity contribution in [1.29, 1.82) is 0 Å². The lowest BCUT2D eigenvalue weighted by Gasteiger charge is -2.55. The highest BCUT2D eigenvalue weighted by molar-refractivity contribution is 5.86. The third-order valence-electron chi connectivity index (χ3n) is 5.69. The molecule has 0 aliphatic heterocycles. The van der Waals surface area contributed by atoms with Gasteiger partial charge in [-0.25, -0.2) is 4.79 Å². The van der Waals surface area contributed by atoms with Crippen LogP contribution in [0, 0.1) is 23.7 Å². The quantitative estimate of drug-likeness (QED) is 0.900. The van der Waals surface area contributed by atoms with Crippen LogP contribution < -0.4 is 5.43 Å². The summed E-state index contributed by atoms with van der Waals surface area (Å²) in [5.74, 6) is 2.03. The molecule has 4 bridgehead atoms. The van der Waals surface area contributed by atoms with E-state index in [1.807, 2.05) is 4.57 Å². The molecule has 106 valence electrons. The summed E-state index contributed by atoms with van der Waals surface area (Å²) in [6, 6.07) is 1.82. The minimum Gasteiger partial charge on any atom is -0.477 e. The number of aromatic nitrogens is 1. The number of carbonyl (C=O) groups is 1. The molecule has 4 heteroatoms. The molecular weight excluding hydrogens is 254 g/mol. The summed E-state index contributed by atoms with van der Waals surface area (Å²) in [4.78, 5) is 22.8. The van der Waals surface area contributed by atoms with Crippen molar-refractivity contribution in [2.45, 2.75) is 38.1 Å². The van der Waals surface area contributed by atoms with Gasteiger partial charge in [-0.1, -0.05) is 0 Å². The lowest BCUT2D eigenvalue weighted by Crippen LogP contribution is -2.46. The fraction of sp³-hybridized carbons (Fsp3) is 0.625. The van der Waals surface area contributed by atoms with Crippen LogP contribution in [0.4, 0.5) is 0 Å². The highest BCUT2D eigenvalue weighted by Gasteiger charge is 2.48. The third kappa shape index (κ3) is 1.74. The first kappa shape index (κ1) is 12.2. The van der Waals surface area contributed by atoms with Gasteiger partial charge in [-0.05, 0) is 55.8 Å². The Morgan fingerprint density at radius 2 is 1.70 bits per heavy atom. The Balaban J connectivity index is 1.73. The zero-order chi connectivity index (χ0) is 13.9. The van der Waals surface area contributed by atoms with Crippen molar-refractivity contribution in [2.24, 2.45) is 23.7 Å². The Morgan fingerprint density at radius 3 is 2.25 bits per heavy atom. The number of rotatable bonds is 2. The van der Waals surface area contributed by atoms with E-state index in [-0.39, 0.29) is 5.56 Å². The Kier molecular flexibility index (Phi) is 2.56. The molecule has 1 aromatic rings. The van der Waals surface area contributed by atoms with Crippen molar-refractivity contribution >= 4 is 5.97 Å². The van der Waals surface area contributed by atoms with Crippen molar-refractivity contribution in [1.82, 2.24) is 4.57 Å². The second-order valence-corrected chi connectivity index (χ2v) is 6.90. The normalized spacial score (nSPS) is 38.1. The predicted octanol–water partition coefficient (Wildman–Crippen LogP) is 2.54. The molecule has 0 amide bonds. The SMILES string of the molecule is O=C(O)c1cn(C2C3CC4CC(C3)CC2C4)ccc1=O. The molecule has 0 radical (unpaired) electrons. The van der Waals surface area contributed by atoms with Gasteiger partial charge >= 0.3 is 5.97 Å². The van der Waals surface area contributed by atoms with Gasteiger partial charge in [-0.15, -0.1) is 0 Å². The summed E-state index contributed by atoms with van der Waals surface area (Å²) < 4.78 is 2.03. The molecule has 0 unspecified atom stereocenters. The average Bonchev–Trinajstić information content (AvgIpc) is 2.38. The van der Waals surface area contributed by atoms with Crippen LogP contribution in [0.25, 0.3) is 0 Å². The summed E-state index contributed by atoms with van der Waals surface area (Å²) in [6.07, 6.45) is 9.90. The lowest BCUT2D eigenvalue weighted by molar-refractivity contribution is -0.0294. The van der Waals surface area contributed by atoms with Gasteiger partial charge in [0.15, 0.2) is 5.43 Å². The number of nitrogens with zero attached hydrogens (tertiary/aromatic N) is 1. The standard InChI is InChI=1S/C16H19NO3/c18-14-1-2-17(8-13(14)16(19)20)15-11-4-9-3-10(6-11)7-12(15)5-9/h1-2,8-12,15H,3-7H2,(H,19,20). The van der Waals surface area contributed by atoms with Crippen molar-refractivity contribution in [3.63, 3.8) is 0 Å². The minimum atomic E-state index is -1.12. The van der Waals surface area contributed by atoms with Crippen LogP contribution in [0.15, 0.2) is 23.3 Å². The van der Waals surface area contributed by atoms with Gasteiger partial charge < -0.3 is 9.67 Å². The third-order valence-corrected chi connectivity index (χ3v) is 5.69. The van der Waals surface area contributed by atoms with Crippen molar-refractivity contribution in [3.8, 4) is 0 Å². The molecule has 0 saturated heterocycles. The fourth-order valence-electron chi connectivity index (χ4n) is 5.23. The van der Waals surface area contributed by atoms with Gasteiger partial charge in [-0.2, -0.15) is 0 Å². The molecule has 1 heterocycles. The average molecular weight is 273 g/mol. The zero-order valence-electron chi connectivity index (χ0n) is 11.4. The van der Waals surface area contributed by atoms with E-state index < -0.39 is 11.4 Å². The molecule has 4 aliphatic rings. The molecule has 0 aromatic carbocycles. The molecule has 4 aliphatic carbocycles. The smallest absolute Gasteiger partial charge is 0.341 e. The number of hydrogen-bond donors (Lipinski definition) is 1. The molecule has 0 spiro atoms. The molecular formula is C16H19NO3. The number of hydrogen-bond acceptors (Lipinski definition) is 2. The van der Waals surface area contributed by atoms with Crippen LogP contribution in [0.3, 0.4) is 0 Å². The van der Waals surface area contributed by atoms with E-state index in [0.717, 1.165) is 11.8 Å². The van der Waals surface area contributed by atoms with Crippen molar-refractivity contribution in [2.75, 3.05) is 0 Å². The first-order valence-corrected chi connectivity index (χ1v) is 7.57. The minimum absolute atomic E-state index is 0.0960. The van der Waals surface area contributed by atoms with Crippen molar-refractivity contribution in [3.05, 3.63) is 34.2 Å². The van der Waals surface area contributed by atoms with Crippen LogP contribution in [0.5, 0.6) is 0 Å². The van der Waals surface area contributed by atoms with Crippen LogP contribution in [0.2, 0.25) is 0 Å². The van der Waals surface area contributed by atoms with Crippen molar-refractivity contribution < 1.29 is 9.90 Å². The van der Waals surface area contributed by atoms with E-state index in [1.54, 1.807) is 12.4 Å². The largest absolute Gasteiger partial charge is 0.477 e. The van der Waals surface area contributed by atoms with Gasteiger partial charge in [-0.3, -0.25) is 4.79 Å². The van der Waals surface area contributed by atoms with E-state index in [2.05, 4.69) is 0 Å². The molecule has 4 fully saturated rings. The highest BCUT2D eigenvalue weighted by Crippen LogP contribution is 2.58. The highest BCUT2D eigenvalue weighted by atomic mass is 16.4. The Morgan fingerprint density at radius 1 is 1.10 bits per heavy atom. The number of carboxylic acid groups (broad SMARTS) is 1. The van der Waals surface area contributed by atoms with Crippen LogP contribution in [-0.2, 0) is 0 Å². The molecule has 20 heavy (non-hydrogen) atoms. The second-order valence-electron chi connectivity index (χ2n) is 6.90. The van der Waals surface area contributed by atoms with E-state index in [1.165, 1.54) is 38.2 Å². The first-order valence-electron chi connectivity index (χ1n) is 7.57. The van der Waals surface area contributed by atoms with E-state index in [4.69, 9.17) is 5.11 Å². The summed E-state index contributed by atoms with van der Waals surface area (Å²) in [6.45, 7) is 0. The Hall–Kier alpha value is -1.58. The van der Waals surface area contributed by atoms with Gasteiger partial charge in [0, 0.05) is 24.5 Å². The number of pyridine rings is 1. The summed E-state index contributed by atoms with van der Waals surface area (Å²) in [5.41, 5.74) is -0.487. The molecule has 0 atom stereocenters. The Bertz CT molecular complexity index is 590. The number of aromatic carboxylic acids is 1. The monoisotopic (exact) mass is 273 g/mol. The molecule has 1 aromatic heterocycles. The first-order chi connectivity index (χ1) is 9.61. The Labute approximate surface area is 117 Å². The summed E-state index contributed by atoms with van der Waals surface area (Å²) in [5, 5.41) is 9.13. The second kappa shape index (κ2) is 4.21. The summed E-state index contributed by atoms with van der Waals surface area (Å²) in [7, 11) is 0. The fourth-order valence-corrected chi connectivity index (χ4v) is 5.23. The number of carboxylic acids is 1. The summed E-state index contributed by atoms with van der Waals surface area (Å²) >= 11 is 0. The molecule has 5 rings (SSSR count). The topological polar surface area (TPSA) is 59.3 Å². The van der Waals surface area contributed by atoms with Crippen LogP contribution in [-0.4, -0.2) is 15.6 Å². The van der Waals surface area contributed by atoms with E-state index in [0.29, 0.717) is 17.9 Å². The van der Waals surface area contributed by atoms with Gasteiger partial charge in [0.1, 0.15) is 5.56 Å². The van der Waals surface area contributed by atoms with Gasteiger partial charge in [0.05, 0.1) is 0 Å². The maximum atomic E-state index is 11.6. The molecule has 4 nitrogen and oxygen atoms in total. The predicted molar refractivity (Wildman–Crippen MR) is 73.7 cm³/mol. The van der Waals surface area contributed by atoms with E-state index >= 15 is 0 Å². The van der Waals surface area contributed by atoms with E-state index in [9.17, 15) is 9.59 Å². The van der Waals surface area contributed by atoms with Gasteiger partial charge in [0.25, 0.3) is 0 Å². The lowest BCUT2D eigenvalue weighted by atomic mass is 9.54. The molecule has 1 N–H and O–H groups in total. The maximum absolute atomic E-state index is 11.6. The van der Waals surface area contributed by atoms with Gasteiger partial charge in [0.2, 0.25) is 0 Å². The van der Waals surface area contributed by atoms with Crippen LogP contribution in [0.1, 0.15) is 48.5 Å². The zero-order valence-corrected chi connectivity index (χ0v) is 11.4. The molecule has 4 saturated carbocycles. The van der Waals surface area contributed by atoms with Crippen LogP contribution >= 0.6 is 0 Å². The maximum Gasteiger partial charge on any atom is 0.341 e.